The highest BCUT2D eigenvalue weighted by Crippen LogP contribution is 2.49. The molecule has 0 heterocycles. The average Bonchev–Trinajstić information content (AvgIpc) is 2.25. The van der Waals surface area contributed by atoms with E-state index in [9.17, 15) is 14.7 Å². The van der Waals surface area contributed by atoms with Gasteiger partial charge in [-0.05, 0) is 25.2 Å². The van der Waals surface area contributed by atoms with Crippen LogP contribution in [-0.2, 0) is 14.3 Å². The predicted octanol–water partition coefficient (Wildman–Crippen LogP) is 1.45. The summed E-state index contributed by atoms with van der Waals surface area (Å²) >= 11 is 0. The van der Waals surface area contributed by atoms with Crippen molar-refractivity contribution in [1.29, 1.82) is 0 Å². The largest absolute Gasteiger partial charge is 0.460 e. The number of Topliss-reactive ketones (excluding diaryl/α,β-unsaturated/α-hetero) is 1. The van der Waals surface area contributed by atoms with E-state index in [-0.39, 0.29) is 17.3 Å². The monoisotopic (exact) mass is 240 g/mol. The Morgan fingerprint density at radius 2 is 2.18 bits per heavy atom. The third kappa shape index (κ3) is 2.23. The van der Waals surface area contributed by atoms with Gasteiger partial charge in [-0.15, -0.1) is 0 Å². The van der Waals surface area contributed by atoms with Gasteiger partial charge in [0.05, 0.1) is 6.10 Å². The Kier molecular flexibility index (Phi) is 3.25. The van der Waals surface area contributed by atoms with E-state index >= 15 is 0 Å². The summed E-state index contributed by atoms with van der Waals surface area (Å²) in [5.74, 6) is 0.194. The second-order valence-electron chi connectivity index (χ2n) is 5.62. The number of rotatable bonds is 1. The molecule has 0 unspecified atom stereocenters. The quantitative estimate of drug-likeness (QED) is 0.705. The fourth-order valence-electron chi connectivity index (χ4n) is 3.33. The first-order valence-electron chi connectivity index (χ1n) is 6.30. The Morgan fingerprint density at radius 3 is 2.82 bits per heavy atom. The Morgan fingerprint density at radius 1 is 1.47 bits per heavy atom. The molecule has 0 spiro atoms. The molecule has 2 rings (SSSR count). The van der Waals surface area contributed by atoms with Gasteiger partial charge in [-0.25, -0.2) is 0 Å². The van der Waals surface area contributed by atoms with E-state index in [1.807, 2.05) is 6.92 Å². The van der Waals surface area contributed by atoms with Crippen molar-refractivity contribution < 1.29 is 19.4 Å². The maximum absolute atomic E-state index is 11.5. The lowest BCUT2D eigenvalue weighted by molar-refractivity contribution is -0.176. The minimum atomic E-state index is -0.641. The summed E-state index contributed by atoms with van der Waals surface area (Å²) in [6.45, 7) is 3.38. The third-order valence-corrected chi connectivity index (χ3v) is 4.49. The highest BCUT2D eigenvalue weighted by atomic mass is 16.6. The second-order valence-corrected chi connectivity index (χ2v) is 5.62. The summed E-state index contributed by atoms with van der Waals surface area (Å²) in [5, 5.41) is 10.4. The van der Waals surface area contributed by atoms with Crippen LogP contribution in [0, 0.1) is 11.3 Å². The molecule has 0 bridgehead atoms. The van der Waals surface area contributed by atoms with E-state index in [2.05, 4.69) is 0 Å². The Hall–Kier alpha value is -0.900. The van der Waals surface area contributed by atoms with Crippen LogP contribution in [0.15, 0.2) is 0 Å². The first kappa shape index (κ1) is 12.6. The molecule has 4 atom stereocenters. The maximum atomic E-state index is 11.5. The number of esters is 1. The zero-order valence-electron chi connectivity index (χ0n) is 10.4. The number of hydrogen-bond donors (Lipinski definition) is 1. The Balaban J connectivity index is 2.13. The molecule has 4 heteroatoms. The molecule has 0 aromatic carbocycles. The standard InChI is InChI=1S/C13H20O4/c1-8(14)17-11-4-3-9-7-10(15)5-6-13(9,2)12(11)16/h9,11-12,16H,3-7H2,1-2H3/t9-,11+,12+,13-/m0/s1. The van der Waals surface area contributed by atoms with Gasteiger partial charge in [0.1, 0.15) is 11.9 Å². The van der Waals surface area contributed by atoms with Crippen molar-refractivity contribution in [1.82, 2.24) is 0 Å². The summed E-state index contributed by atoms with van der Waals surface area (Å²) in [7, 11) is 0. The highest BCUT2D eigenvalue weighted by molar-refractivity contribution is 5.79. The Bertz CT molecular complexity index is 338. The molecule has 0 radical (unpaired) electrons. The first-order valence-corrected chi connectivity index (χ1v) is 6.30. The number of hydrogen-bond acceptors (Lipinski definition) is 4. The summed E-state index contributed by atoms with van der Waals surface area (Å²) in [6, 6.07) is 0. The van der Waals surface area contributed by atoms with Crippen molar-refractivity contribution in [2.45, 2.75) is 58.2 Å². The van der Waals surface area contributed by atoms with E-state index in [4.69, 9.17) is 4.74 Å². The number of carbonyl (C=O) groups excluding carboxylic acids is 2. The molecule has 17 heavy (non-hydrogen) atoms. The maximum Gasteiger partial charge on any atom is 0.302 e. The normalized spacial score (nSPS) is 41.8. The van der Waals surface area contributed by atoms with Crippen LogP contribution in [0.2, 0.25) is 0 Å². The molecule has 96 valence electrons. The van der Waals surface area contributed by atoms with E-state index < -0.39 is 12.2 Å². The topological polar surface area (TPSA) is 63.6 Å². The van der Waals surface area contributed by atoms with Gasteiger partial charge in [-0.1, -0.05) is 6.92 Å². The molecule has 1 N–H and O–H groups in total. The van der Waals surface area contributed by atoms with Crippen LogP contribution in [0.3, 0.4) is 0 Å². The summed E-state index contributed by atoms with van der Waals surface area (Å²) in [5.41, 5.74) is -0.272. The number of aliphatic hydroxyl groups excluding tert-OH is 1. The van der Waals surface area contributed by atoms with Crippen LogP contribution in [0.4, 0.5) is 0 Å². The van der Waals surface area contributed by atoms with Crippen LogP contribution < -0.4 is 0 Å². The first-order chi connectivity index (χ1) is 7.93. The van der Waals surface area contributed by atoms with Crippen molar-refractivity contribution in [3.8, 4) is 0 Å². The van der Waals surface area contributed by atoms with Crippen molar-refractivity contribution >= 4 is 11.8 Å². The fourth-order valence-corrected chi connectivity index (χ4v) is 3.33. The molecule has 0 aromatic rings. The van der Waals surface area contributed by atoms with Crippen LogP contribution in [0.1, 0.15) is 46.0 Å². The Labute approximate surface area is 101 Å². The lowest BCUT2D eigenvalue weighted by Crippen LogP contribution is -2.53. The molecule has 0 saturated heterocycles. The number of fused-ring (bicyclic) bond motifs is 1. The molecular formula is C13H20O4. The third-order valence-electron chi connectivity index (χ3n) is 4.49. The van der Waals surface area contributed by atoms with Gasteiger partial charge < -0.3 is 9.84 Å². The lowest BCUT2D eigenvalue weighted by atomic mass is 9.58. The summed E-state index contributed by atoms with van der Waals surface area (Å²) in [4.78, 5) is 22.4. The molecule has 0 aromatic heterocycles. The van der Waals surface area contributed by atoms with Crippen LogP contribution in [-0.4, -0.2) is 29.1 Å². The van der Waals surface area contributed by atoms with Gasteiger partial charge in [0.15, 0.2) is 0 Å². The minimum Gasteiger partial charge on any atom is -0.460 e. The van der Waals surface area contributed by atoms with Crippen LogP contribution in [0.5, 0.6) is 0 Å². The van der Waals surface area contributed by atoms with Gasteiger partial charge in [0.25, 0.3) is 0 Å². The fraction of sp³-hybridized carbons (Fsp3) is 0.846. The van der Waals surface area contributed by atoms with E-state index in [1.54, 1.807) is 0 Å². The zero-order valence-corrected chi connectivity index (χ0v) is 10.4. The molecule has 2 aliphatic rings. The van der Waals surface area contributed by atoms with E-state index in [0.29, 0.717) is 31.5 Å². The SMILES string of the molecule is CC(=O)O[C@@H]1CC[C@H]2CC(=O)CC[C@]2(C)[C@@H]1O. The van der Waals surface area contributed by atoms with Gasteiger partial charge in [0, 0.05) is 25.2 Å². The number of ether oxygens (including phenoxy) is 1. The summed E-state index contributed by atoms with van der Waals surface area (Å²) < 4.78 is 5.17. The molecular weight excluding hydrogens is 220 g/mol. The van der Waals surface area contributed by atoms with Crippen molar-refractivity contribution in [3.63, 3.8) is 0 Å². The number of ketones is 1. The van der Waals surface area contributed by atoms with Crippen LogP contribution in [0.25, 0.3) is 0 Å². The van der Waals surface area contributed by atoms with Gasteiger partial charge in [0.2, 0.25) is 0 Å². The van der Waals surface area contributed by atoms with Crippen molar-refractivity contribution in [2.24, 2.45) is 11.3 Å². The van der Waals surface area contributed by atoms with Crippen LogP contribution >= 0.6 is 0 Å². The number of aliphatic hydroxyl groups is 1. The minimum absolute atomic E-state index is 0.241. The van der Waals surface area contributed by atoms with Gasteiger partial charge in [-0.3, -0.25) is 9.59 Å². The van der Waals surface area contributed by atoms with Gasteiger partial charge in [-0.2, -0.15) is 0 Å². The zero-order chi connectivity index (χ0) is 12.6. The van der Waals surface area contributed by atoms with Crippen molar-refractivity contribution in [2.75, 3.05) is 0 Å². The van der Waals surface area contributed by atoms with E-state index in [0.717, 1.165) is 6.42 Å². The number of carbonyl (C=O) groups is 2. The predicted molar refractivity (Wildman–Crippen MR) is 61.2 cm³/mol. The van der Waals surface area contributed by atoms with Crippen molar-refractivity contribution in [3.05, 3.63) is 0 Å². The highest BCUT2D eigenvalue weighted by Gasteiger charge is 2.51. The molecule has 4 nitrogen and oxygen atoms in total. The lowest BCUT2D eigenvalue weighted by Gasteiger charge is -2.50. The average molecular weight is 240 g/mol. The second kappa shape index (κ2) is 4.41. The van der Waals surface area contributed by atoms with E-state index in [1.165, 1.54) is 6.92 Å². The molecule has 2 aliphatic carbocycles. The summed E-state index contributed by atoms with van der Waals surface area (Å²) in [6.07, 6.45) is 2.29. The molecule has 2 fully saturated rings. The molecule has 0 amide bonds. The molecule has 0 aliphatic heterocycles. The van der Waals surface area contributed by atoms with Gasteiger partial charge >= 0.3 is 5.97 Å². The smallest absolute Gasteiger partial charge is 0.302 e. The molecule has 2 saturated carbocycles.